The first kappa shape index (κ1) is 18.3. The van der Waals surface area contributed by atoms with Crippen LogP contribution in [0.15, 0.2) is 24.3 Å². The SMILES string of the molecule is CCC(C)C(C)C(=O)N1CCC(C(O)c2ccc(Cl)cc2)CC1. The van der Waals surface area contributed by atoms with Gasteiger partial charge in [0.2, 0.25) is 5.91 Å². The number of carbonyl (C=O) groups is 1. The Bertz CT molecular complexity index is 509. The highest BCUT2D eigenvalue weighted by Gasteiger charge is 2.31. The highest BCUT2D eigenvalue weighted by molar-refractivity contribution is 6.30. The number of rotatable bonds is 5. The summed E-state index contributed by atoms with van der Waals surface area (Å²) < 4.78 is 0. The Labute approximate surface area is 144 Å². The number of hydrogen-bond acceptors (Lipinski definition) is 2. The molecule has 1 fully saturated rings. The fourth-order valence-electron chi connectivity index (χ4n) is 3.25. The van der Waals surface area contributed by atoms with Crippen molar-refractivity contribution >= 4 is 17.5 Å². The van der Waals surface area contributed by atoms with Crippen molar-refractivity contribution in [2.24, 2.45) is 17.8 Å². The number of carbonyl (C=O) groups excluding carboxylic acids is 1. The second kappa shape index (κ2) is 8.16. The van der Waals surface area contributed by atoms with Gasteiger partial charge in [0.25, 0.3) is 0 Å². The van der Waals surface area contributed by atoms with Crippen LogP contribution >= 0.6 is 11.6 Å². The van der Waals surface area contributed by atoms with Gasteiger partial charge in [-0.3, -0.25) is 4.79 Å². The van der Waals surface area contributed by atoms with E-state index >= 15 is 0 Å². The molecule has 1 aliphatic heterocycles. The van der Waals surface area contributed by atoms with Crippen LogP contribution in [0.3, 0.4) is 0 Å². The van der Waals surface area contributed by atoms with E-state index < -0.39 is 6.10 Å². The van der Waals surface area contributed by atoms with Gasteiger partial charge in [-0.25, -0.2) is 0 Å². The summed E-state index contributed by atoms with van der Waals surface area (Å²) in [7, 11) is 0. The van der Waals surface area contributed by atoms with Gasteiger partial charge in [0.05, 0.1) is 6.10 Å². The molecule has 1 N–H and O–H groups in total. The van der Waals surface area contributed by atoms with Gasteiger partial charge in [0.1, 0.15) is 0 Å². The molecule has 1 aliphatic rings. The summed E-state index contributed by atoms with van der Waals surface area (Å²) in [6.45, 7) is 7.79. The average Bonchev–Trinajstić information content (AvgIpc) is 2.60. The maximum Gasteiger partial charge on any atom is 0.225 e. The lowest BCUT2D eigenvalue weighted by atomic mass is 9.86. The molecule has 0 saturated carbocycles. The summed E-state index contributed by atoms with van der Waals surface area (Å²) in [5.74, 6) is 0.968. The monoisotopic (exact) mass is 337 g/mol. The highest BCUT2D eigenvalue weighted by Crippen LogP contribution is 2.32. The number of piperidine rings is 1. The van der Waals surface area contributed by atoms with Crippen LogP contribution in [0.5, 0.6) is 0 Å². The minimum atomic E-state index is -0.475. The third-order valence-corrected chi connectivity index (χ3v) is 5.65. The van der Waals surface area contributed by atoms with Crippen molar-refractivity contribution in [1.82, 2.24) is 4.90 Å². The molecule has 0 aromatic heterocycles. The van der Waals surface area contributed by atoms with Gasteiger partial charge in [0.15, 0.2) is 0 Å². The molecule has 128 valence electrons. The fourth-order valence-corrected chi connectivity index (χ4v) is 3.38. The number of halogens is 1. The van der Waals surface area contributed by atoms with Gasteiger partial charge in [-0.1, -0.05) is 50.9 Å². The minimum Gasteiger partial charge on any atom is -0.388 e. The molecule has 1 aromatic carbocycles. The van der Waals surface area contributed by atoms with Crippen LogP contribution in [-0.4, -0.2) is 29.0 Å². The van der Waals surface area contributed by atoms with E-state index in [4.69, 9.17) is 11.6 Å². The number of hydrogen-bond donors (Lipinski definition) is 1. The zero-order chi connectivity index (χ0) is 17.0. The maximum absolute atomic E-state index is 12.5. The van der Waals surface area contributed by atoms with Crippen molar-refractivity contribution in [3.05, 3.63) is 34.9 Å². The third-order valence-electron chi connectivity index (χ3n) is 5.40. The topological polar surface area (TPSA) is 40.5 Å². The number of aliphatic hydroxyl groups is 1. The van der Waals surface area contributed by atoms with Gasteiger partial charge < -0.3 is 10.0 Å². The summed E-state index contributed by atoms with van der Waals surface area (Å²) in [6.07, 6.45) is 2.25. The molecule has 1 heterocycles. The first-order chi connectivity index (χ1) is 10.9. The summed E-state index contributed by atoms with van der Waals surface area (Å²) in [5.41, 5.74) is 0.909. The molecule has 23 heavy (non-hydrogen) atoms. The Hall–Kier alpha value is -1.06. The van der Waals surface area contributed by atoms with Crippen LogP contribution in [0.1, 0.15) is 51.7 Å². The van der Waals surface area contributed by atoms with Gasteiger partial charge in [-0.2, -0.15) is 0 Å². The van der Waals surface area contributed by atoms with Crippen LogP contribution in [0.25, 0.3) is 0 Å². The van der Waals surface area contributed by atoms with Crippen LogP contribution in [0.4, 0.5) is 0 Å². The van der Waals surface area contributed by atoms with Crippen molar-refractivity contribution in [2.75, 3.05) is 13.1 Å². The molecule has 4 heteroatoms. The number of aliphatic hydroxyl groups excluding tert-OH is 1. The van der Waals surface area contributed by atoms with E-state index in [0.717, 1.165) is 37.9 Å². The molecular weight excluding hydrogens is 310 g/mol. The average molecular weight is 338 g/mol. The molecule has 3 nitrogen and oxygen atoms in total. The number of amides is 1. The number of benzene rings is 1. The van der Waals surface area contributed by atoms with Gasteiger partial charge >= 0.3 is 0 Å². The van der Waals surface area contributed by atoms with Gasteiger partial charge in [0, 0.05) is 24.0 Å². The van der Waals surface area contributed by atoms with Crippen LogP contribution in [0, 0.1) is 17.8 Å². The van der Waals surface area contributed by atoms with Crippen LogP contribution in [0.2, 0.25) is 5.02 Å². The summed E-state index contributed by atoms with van der Waals surface area (Å²) in [6, 6.07) is 7.39. The smallest absolute Gasteiger partial charge is 0.225 e. The molecule has 1 amide bonds. The molecule has 0 radical (unpaired) electrons. The van der Waals surface area contributed by atoms with Crippen LogP contribution < -0.4 is 0 Å². The summed E-state index contributed by atoms with van der Waals surface area (Å²) in [5, 5.41) is 11.2. The quantitative estimate of drug-likeness (QED) is 0.870. The van der Waals surface area contributed by atoms with E-state index in [1.54, 1.807) is 0 Å². The zero-order valence-corrected chi connectivity index (χ0v) is 15.1. The predicted octanol–water partition coefficient (Wildman–Crippen LogP) is 4.29. The number of nitrogens with zero attached hydrogens (tertiary/aromatic N) is 1. The lowest BCUT2D eigenvalue weighted by molar-refractivity contribution is -0.138. The predicted molar refractivity (Wildman–Crippen MR) is 94.3 cm³/mol. The first-order valence-electron chi connectivity index (χ1n) is 8.66. The minimum absolute atomic E-state index is 0.0812. The highest BCUT2D eigenvalue weighted by atomic mass is 35.5. The Morgan fingerprint density at radius 2 is 1.83 bits per heavy atom. The molecule has 3 unspecified atom stereocenters. The third kappa shape index (κ3) is 4.48. The zero-order valence-electron chi connectivity index (χ0n) is 14.3. The second-order valence-corrected chi connectivity index (χ2v) is 7.27. The van der Waals surface area contributed by atoms with Gasteiger partial charge in [-0.05, 0) is 42.4 Å². The van der Waals surface area contributed by atoms with Crippen molar-refractivity contribution in [2.45, 2.75) is 46.1 Å². The largest absolute Gasteiger partial charge is 0.388 e. The Kier molecular flexibility index (Phi) is 6.49. The molecule has 1 saturated heterocycles. The van der Waals surface area contributed by atoms with Crippen molar-refractivity contribution < 1.29 is 9.90 Å². The van der Waals surface area contributed by atoms with E-state index in [-0.39, 0.29) is 17.7 Å². The Morgan fingerprint density at radius 3 is 2.35 bits per heavy atom. The molecular formula is C19H28ClNO2. The van der Waals surface area contributed by atoms with E-state index in [2.05, 4.69) is 13.8 Å². The molecule has 0 spiro atoms. The Balaban J connectivity index is 1.90. The summed E-state index contributed by atoms with van der Waals surface area (Å²) in [4.78, 5) is 14.5. The Morgan fingerprint density at radius 1 is 1.26 bits per heavy atom. The molecule has 1 aromatic rings. The number of likely N-dealkylation sites (tertiary alicyclic amines) is 1. The summed E-state index contributed by atoms with van der Waals surface area (Å²) >= 11 is 5.90. The molecule has 2 rings (SSSR count). The first-order valence-corrected chi connectivity index (χ1v) is 9.04. The molecule has 0 bridgehead atoms. The maximum atomic E-state index is 12.5. The van der Waals surface area contributed by atoms with Crippen molar-refractivity contribution in [3.63, 3.8) is 0 Å². The lowest BCUT2D eigenvalue weighted by Gasteiger charge is -2.36. The second-order valence-electron chi connectivity index (χ2n) is 6.83. The van der Waals surface area contributed by atoms with E-state index in [0.29, 0.717) is 10.9 Å². The normalized spacial score (nSPS) is 20.1. The van der Waals surface area contributed by atoms with Gasteiger partial charge in [-0.15, -0.1) is 0 Å². The standard InChI is InChI=1S/C19H28ClNO2/c1-4-13(2)14(3)19(23)21-11-9-16(10-12-21)18(22)15-5-7-17(20)8-6-15/h5-8,13-14,16,18,22H,4,9-12H2,1-3H3. The molecule has 0 aliphatic carbocycles. The lowest BCUT2D eigenvalue weighted by Crippen LogP contribution is -2.43. The van der Waals surface area contributed by atoms with Crippen LogP contribution in [-0.2, 0) is 4.79 Å². The van der Waals surface area contributed by atoms with Crippen molar-refractivity contribution in [1.29, 1.82) is 0 Å². The van der Waals surface area contributed by atoms with E-state index in [9.17, 15) is 9.90 Å². The van der Waals surface area contributed by atoms with E-state index in [1.165, 1.54) is 0 Å². The molecule has 3 atom stereocenters. The fraction of sp³-hybridized carbons (Fsp3) is 0.632. The van der Waals surface area contributed by atoms with E-state index in [1.807, 2.05) is 36.1 Å². The van der Waals surface area contributed by atoms with Crippen molar-refractivity contribution in [3.8, 4) is 0 Å².